The van der Waals surface area contributed by atoms with Gasteiger partial charge in [-0.3, -0.25) is 14.5 Å². The molecule has 2 rings (SSSR count). The van der Waals surface area contributed by atoms with E-state index in [2.05, 4.69) is 0 Å². The summed E-state index contributed by atoms with van der Waals surface area (Å²) in [6.45, 7) is 4.03. The fourth-order valence-electron chi connectivity index (χ4n) is 2.34. The first-order valence-electron chi connectivity index (χ1n) is 6.16. The van der Waals surface area contributed by atoms with E-state index >= 15 is 0 Å². The first-order chi connectivity index (χ1) is 8.50. The zero-order valence-electron chi connectivity index (χ0n) is 10.7. The number of rotatable bonds is 3. The number of nitrogens with zero attached hydrogens (tertiary/aromatic N) is 1. The Hall–Kier alpha value is -1.68. The van der Waals surface area contributed by atoms with Gasteiger partial charge in [-0.2, -0.15) is 0 Å². The van der Waals surface area contributed by atoms with Crippen LogP contribution in [0.15, 0.2) is 24.3 Å². The third-order valence-electron chi connectivity index (χ3n) is 3.44. The van der Waals surface area contributed by atoms with Crippen LogP contribution < -0.4 is 5.73 Å². The molecule has 1 heterocycles. The maximum atomic E-state index is 11.8. The Bertz CT molecular complexity index is 484. The van der Waals surface area contributed by atoms with E-state index in [1.807, 2.05) is 31.2 Å². The third-order valence-corrected chi connectivity index (χ3v) is 3.44. The minimum absolute atomic E-state index is 0.107. The van der Waals surface area contributed by atoms with Gasteiger partial charge >= 0.3 is 0 Å². The molecule has 1 fully saturated rings. The van der Waals surface area contributed by atoms with Crippen LogP contribution in [0.25, 0.3) is 0 Å². The van der Waals surface area contributed by atoms with Crippen molar-refractivity contribution in [3.63, 3.8) is 0 Å². The highest BCUT2D eigenvalue weighted by Crippen LogP contribution is 2.23. The summed E-state index contributed by atoms with van der Waals surface area (Å²) >= 11 is 0. The zero-order chi connectivity index (χ0) is 13.3. The summed E-state index contributed by atoms with van der Waals surface area (Å²) in [6, 6.07) is 7.46. The van der Waals surface area contributed by atoms with Gasteiger partial charge < -0.3 is 5.73 Å². The van der Waals surface area contributed by atoms with E-state index in [-0.39, 0.29) is 30.3 Å². The van der Waals surface area contributed by atoms with Gasteiger partial charge in [0.15, 0.2) is 0 Å². The van der Waals surface area contributed by atoms with Crippen molar-refractivity contribution in [3.05, 3.63) is 35.4 Å². The normalized spacial score (nSPS) is 21.5. The summed E-state index contributed by atoms with van der Waals surface area (Å²) in [5.41, 5.74) is 8.16. The van der Waals surface area contributed by atoms with Gasteiger partial charge in [-0.15, -0.1) is 0 Å². The average molecular weight is 246 g/mol. The Kier molecular flexibility index (Phi) is 3.48. The zero-order valence-corrected chi connectivity index (χ0v) is 10.7. The van der Waals surface area contributed by atoms with Gasteiger partial charge in [-0.05, 0) is 18.1 Å². The quantitative estimate of drug-likeness (QED) is 0.820. The van der Waals surface area contributed by atoms with Crippen LogP contribution in [0, 0.1) is 12.8 Å². The van der Waals surface area contributed by atoms with Crippen LogP contribution in [0.1, 0.15) is 30.5 Å². The molecule has 1 aromatic rings. The number of nitrogens with two attached hydrogens (primary N) is 1. The first-order valence-corrected chi connectivity index (χ1v) is 6.16. The van der Waals surface area contributed by atoms with Gasteiger partial charge in [-0.25, -0.2) is 0 Å². The molecule has 4 heteroatoms. The Morgan fingerprint density at radius 2 is 2.06 bits per heavy atom. The molecular weight excluding hydrogens is 228 g/mol. The molecule has 18 heavy (non-hydrogen) atoms. The smallest absolute Gasteiger partial charge is 0.232 e. The minimum Gasteiger partial charge on any atom is -0.322 e. The molecule has 1 aromatic carbocycles. The van der Waals surface area contributed by atoms with Crippen molar-refractivity contribution in [1.29, 1.82) is 0 Å². The molecule has 0 bridgehead atoms. The van der Waals surface area contributed by atoms with Gasteiger partial charge in [-0.1, -0.05) is 31.2 Å². The molecule has 0 spiro atoms. The molecule has 0 aliphatic carbocycles. The van der Waals surface area contributed by atoms with Crippen LogP contribution in [0.5, 0.6) is 0 Å². The van der Waals surface area contributed by atoms with Crippen molar-refractivity contribution >= 4 is 11.8 Å². The molecule has 2 N–H and O–H groups in total. The van der Waals surface area contributed by atoms with Crippen LogP contribution in [0.2, 0.25) is 0 Å². The van der Waals surface area contributed by atoms with Crippen molar-refractivity contribution in [2.24, 2.45) is 11.7 Å². The highest BCUT2D eigenvalue weighted by atomic mass is 16.2. The van der Waals surface area contributed by atoms with E-state index in [0.717, 1.165) is 11.1 Å². The molecule has 1 saturated heterocycles. The molecule has 4 nitrogen and oxygen atoms in total. The van der Waals surface area contributed by atoms with Crippen molar-refractivity contribution < 1.29 is 9.59 Å². The fourth-order valence-corrected chi connectivity index (χ4v) is 2.34. The lowest BCUT2D eigenvalue weighted by Gasteiger charge is -2.21. The number of likely N-dealkylation sites (tertiary alicyclic amines) is 1. The maximum absolute atomic E-state index is 11.8. The summed E-state index contributed by atoms with van der Waals surface area (Å²) in [4.78, 5) is 24.8. The molecule has 2 atom stereocenters. The lowest BCUT2D eigenvalue weighted by molar-refractivity contribution is -0.139. The lowest BCUT2D eigenvalue weighted by Crippen LogP contribution is -2.37. The van der Waals surface area contributed by atoms with Crippen LogP contribution in [0.3, 0.4) is 0 Å². The number of aryl methyl sites for hydroxylation is 1. The lowest BCUT2D eigenvalue weighted by atomic mass is 10.0. The first kappa shape index (κ1) is 12.8. The van der Waals surface area contributed by atoms with Crippen molar-refractivity contribution in [1.82, 2.24) is 4.90 Å². The highest BCUT2D eigenvalue weighted by Gasteiger charge is 2.36. The maximum Gasteiger partial charge on any atom is 0.232 e. The fraction of sp³-hybridized carbons (Fsp3) is 0.429. The number of imide groups is 1. The largest absolute Gasteiger partial charge is 0.322 e. The molecule has 2 unspecified atom stereocenters. The van der Waals surface area contributed by atoms with Gasteiger partial charge in [0.25, 0.3) is 0 Å². The van der Waals surface area contributed by atoms with Crippen LogP contribution >= 0.6 is 0 Å². The Labute approximate surface area is 107 Å². The summed E-state index contributed by atoms with van der Waals surface area (Å²) in [6.07, 6.45) is 0.305. The molecule has 2 amide bonds. The van der Waals surface area contributed by atoms with Crippen LogP contribution in [0.4, 0.5) is 0 Å². The molecule has 1 aliphatic rings. The molecule has 1 aliphatic heterocycles. The second-order valence-corrected chi connectivity index (χ2v) is 4.91. The van der Waals surface area contributed by atoms with Gasteiger partial charge in [0, 0.05) is 24.9 Å². The minimum atomic E-state index is -0.315. The molecule has 96 valence electrons. The summed E-state index contributed by atoms with van der Waals surface area (Å²) in [5.74, 6) is -0.429. The van der Waals surface area contributed by atoms with Gasteiger partial charge in [0.2, 0.25) is 11.8 Å². The number of hydrogen-bond acceptors (Lipinski definition) is 3. The van der Waals surface area contributed by atoms with E-state index in [1.54, 1.807) is 6.92 Å². The standard InChI is InChI=1S/C14H18N2O2/c1-9-5-3-4-6-11(9)12(15)8-16-13(17)7-10(2)14(16)18/h3-6,10,12H,7-8,15H2,1-2H3. The predicted octanol–water partition coefficient (Wildman–Crippen LogP) is 1.39. The van der Waals surface area contributed by atoms with E-state index in [0.29, 0.717) is 6.42 Å². The van der Waals surface area contributed by atoms with E-state index in [1.165, 1.54) is 4.90 Å². The Morgan fingerprint density at radius 1 is 1.39 bits per heavy atom. The summed E-state index contributed by atoms with van der Waals surface area (Å²) < 4.78 is 0. The monoisotopic (exact) mass is 246 g/mol. The number of benzene rings is 1. The number of amides is 2. The highest BCUT2D eigenvalue weighted by molar-refractivity contribution is 6.03. The van der Waals surface area contributed by atoms with Crippen molar-refractivity contribution in [3.8, 4) is 0 Å². The Morgan fingerprint density at radius 3 is 2.61 bits per heavy atom. The second-order valence-electron chi connectivity index (χ2n) is 4.91. The average Bonchev–Trinajstić information content (AvgIpc) is 2.56. The topological polar surface area (TPSA) is 63.4 Å². The van der Waals surface area contributed by atoms with Gasteiger partial charge in [0.1, 0.15) is 0 Å². The number of hydrogen-bond donors (Lipinski definition) is 1. The summed E-state index contributed by atoms with van der Waals surface area (Å²) in [5, 5.41) is 0. The van der Waals surface area contributed by atoms with E-state index in [4.69, 9.17) is 5.73 Å². The molecule has 0 radical (unpaired) electrons. The molecule has 0 aromatic heterocycles. The van der Waals surface area contributed by atoms with Crippen molar-refractivity contribution in [2.45, 2.75) is 26.3 Å². The van der Waals surface area contributed by atoms with Crippen LogP contribution in [-0.2, 0) is 9.59 Å². The third kappa shape index (κ3) is 2.29. The number of carbonyl (C=O) groups excluding carboxylic acids is 2. The predicted molar refractivity (Wildman–Crippen MR) is 68.6 cm³/mol. The van der Waals surface area contributed by atoms with Crippen LogP contribution in [-0.4, -0.2) is 23.3 Å². The van der Waals surface area contributed by atoms with E-state index in [9.17, 15) is 9.59 Å². The van der Waals surface area contributed by atoms with Crippen molar-refractivity contribution in [2.75, 3.05) is 6.54 Å². The molecular formula is C14H18N2O2. The second kappa shape index (κ2) is 4.90. The summed E-state index contributed by atoms with van der Waals surface area (Å²) in [7, 11) is 0. The number of carbonyl (C=O) groups is 2. The SMILES string of the molecule is Cc1ccccc1C(N)CN1C(=O)CC(C)C1=O. The van der Waals surface area contributed by atoms with Gasteiger partial charge in [0.05, 0.1) is 0 Å². The Balaban J connectivity index is 2.13. The molecule has 0 saturated carbocycles. The van der Waals surface area contributed by atoms with E-state index < -0.39 is 0 Å².